The molecule has 31 heavy (non-hydrogen) atoms. The van der Waals surface area contributed by atoms with Gasteiger partial charge in [-0.15, -0.1) is 11.3 Å². The van der Waals surface area contributed by atoms with Crippen molar-refractivity contribution in [2.45, 2.75) is 18.7 Å². The summed E-state index contributed by atoms with van der Waals surface area (Å²) in [4.78, 5) is 8.69. The highest BCUT2D eigenvalue weighted by Crippen LogP contribution is 2.42. The molecule has 0 unspecified atom stereocenters. The van der Waals surface area contributed by atoms with Gasteiger partial charge < -0.3 is 4.90 Å². The first-order chi connectivity index (χ1) is 14.7. The van der Waals surface area contributed by atoms with Gasteiger partial charge in [0.15, 0.2) is 0 Å². The predicted molar refractivity (Wildman–Crippen MR) is 131 cm³/mol. The van der Waals surface area contributed by atoms with Gasteiger partial charge in [0.25, 0.3) is 10.0 Å². The fraction of sp³-hybridized carbons (Fsp3) is 0.174. The number of aryl methyl sites for hydroxylation is 2. The minimum absolute atomic E-state index is 0.117. The van der Waals surface area contributed by atoms with Crippen LogP contribution in [0.1, 0.15) is 10.6 Å². The Balaban J connectivity index is 1.88. The van der Waals surface area contributed by atoms with Gasteiger partial charge in [-0.1, -0.05) is 29.8 Å². The molecule has 4 rings (SSSR count). The van der Waals surface area contributed by atoms with Gasteiger partial charge in [0.2, 0.25) is 0 Å². The molecule has 8 heteroatoms. The Bertz CT molecular complexity index is 1380. The van der Waals surface area contributed by atoms with E-state index in [1.807, 2.05) is 32.8 Å². The second-order valence-corrected chi connectivity index (χ2v) is 10.9. The first-order valence-corrected chi connectivity index (χ1v) is 12.3. The maximum absolute atomic E-state index is 13.1. The lowest BCUT2D eigenvalue weighted by Gasteiger charge is -2.14. The van der Waals surface area contributed by atoms with E-state index in [1.54, 1.807) is 29.5 Å². The number of nitrogens with zero attached hydrogens (tertiary/aromatic N) is 2. The maximum Gasteiger partial charge on any atom is 0.261 e. The number of aromatic nitrogens is 1. The monoisotopic (exact) mass is 471 g/mol. The van der Waals surface area contributed by atoms with Crippen molar-refractivity contribution in [1.82, 2.24) is 4.98 Å². The lowest BCUT2D eigenvalue weighted by atomic mass is 10.0. The second-order valence-electron chi connectivity index (χ2n) is 7.53. The number of anilines is 2. The molecule has 0 atom stereocenters. The Morgan fingerprint density at radius 2 is 1.74 bits per heavy atom. The third-order valence-electron chi connectivity index (χ3n) is 4.99. The van der Waals surface area contributed by atoms with Crippen molar-refractivity contribution in [3.8, 4) is 11.1 Å². The molecule has 0 spiro atoms. The van der Waals surface area contributed by atoms with E-state index in [0.29, 0.717) is 10.7 Å². The zero-order valence-electron chi connectivity index (χ0n) is 17.6. The summed E-state index contributed by atoms with van der Waals surface area (Å²) in [6.45, 7) is 3.89. The topological polar surface area (TPSA) is 62.3 Å². The van der Waals surface area contributed by atoms with Crippen LogP contribution in [0.2, 0.25) is 5.02 Å². The third-order valence-corrected chi connectivity index (χ3v) is 7.59. The minimum atomic E-state index is -3.82. The van der Waals surface area contributed by atoms with Gasteiger partial charge in [-0.05, 0) is 55.8 Å². The van der Waals surface area contributed by atoms with Gasteiger partial charge in [-0.3, -0.25) is 4.72 Å². The van der Waals surface area contributed by atoms with Crippen molar-refractivity contribution in [3.63, 3.8) is 0 Å². The van der Waals surface area contributed by atoms with Gasteiger partial charge >= 0.3 is 0 Å². The largest absolute Gasteiger partial charge is 0.378 e. The Hall–Kier alpha value is -2.61. The molecular weight excluding hydrogens is 450 g/mol. The molecule has 0 fully saturated rings. The lowest BCUT2D eigenvalue weighted by molar-refractivity contribution is 0.601. The summed E-state index contributed by atoms with van der Waals surface area (Å²) < 4.78 is 29.0. The molecule has 5 nitrogen and oxygen atoms in total. The summed E-state index contributed by atoms with van der Waals surface area (Å²) >= 11 is 7.57. The number of benzene rings is 2. The average Bonchev–Trinajstić information content (AvgIpc) is 3.03. The quantitative estimate of drug-likeness (QED) is 0.382. The van der Waals surface area contributed by atoms with Crippen LogP contribution in [-0.4, -0.2) is 27.5 Å². The summed E-state index contributed by atoms with van der Waals surface area (Å²) in [6, 6.07) is 16.2. The van der Waals surface area contributed by atoms with Crippen molar-refractivity contribution in [1.29, 1.82) is 0 Å². The number of hydrogen-bond donors (Lipinski definition) is 1. The molecule has 0 aliphatic heterocycles. The smallest absolute Gasteiger partial charge is 0.261 e. The summed E-state index contributed by atoms with van der Waals surface area (Å²) in [5, 5.41) is 1.17. The van der Waals surface area contributed by atoms with Crippen LogP contribution < -0.4 is 9.62 Å². The molecular formula is C23H22ClN3O2S2. The zero-order chi connectivity index (χ0) is 22.3. The van der Waals surface area contributed by atoms with Crippen LogP contribution in [0.15, 0.2) is 59.5 Å². The van der Waals surface area contributed by atoms with E-state index in [0.717, 1.165) is 37.6 Å². The molecule has 0 aliphatic carbocycles. The number of hydrogen-bond acceptors (Lipinski definition) is 5. The Morgan fingerprint density at radius 1 is 1.03 bits per heavy atom. The summed E-state index contributed by atoms with van der Waals surface area (Å²) in [5.41, 5.74) is 4.35. The highest BCUT2D eigenvalue weighted by Gasteiger charge is 2.21. The molecule has 0 saturated heterocycles. The van der Waals surface area contributed by atoms with E-state index in [9.17, 15) is 8.42 Å². The molecule has 0 radical (unpaired) electrons. The van der Waals surface area contributed by atoms with E-state index in [-0.39, 0.29) is 4.90 Å². The number of nitrogens with one attached hydrogen (secondary N) is 1. The van der Waals surface area contributed by atoms with E-state index < -0.39 is 10.0 Å². The molecule has 4 aromatic rings. The van der Waals surface area contributed by atoms with Gasteiger partial charge in [0.1, 0.15) is 4.83 Å². The maximum atomic E-state index is 13.1. The SMILES string of the molecule is Cc1cc(NS(=O)(=O)c2cccc(Cl)c2)c2c(-c3ccc(N(C)C)cc3)c(C)sc2n1. The normalized spacial score (nSPS) is 11.6. The summed E-state index contributed by atoms with van der Waals surface area (Å²) in [5.74, 6) is 0. The summed E-state index contributed by atoms with van der Waals surface area (Å²) in [7, 11) is 0.175. The van der Waals surface area contributed by atoms with Crippen molar-refractivity contribution in [2.24, 2.45) is 0 Å². The number of halogens is 1. The molecule has 1 N–H and O–H groups in total. The van der Waals surface area contributed by atoms with Crippen molar-refractivity contribution >= 4 is 54.6 Å². The highest BCUT2D eigenvalue weighted by atomic mass is 35.5. The molecule has 160 valence electrons. The van der Waals surface area contributed by atoms with E-state index >= 15 is 0 Å². The average molecular weight is 472 g/mol. The molecule has 0 saturated carbocycles. The minimum Gasteiger partial charge on any atom is -0.378 e. The number of fused-ring (bicyclic) bond motifs is 1. The number of sulfonamides is 1. The molecule has 2 aromatic heterocycles. The van der Waals surface area contributed by atoms with Crippen molar-refractivity contribution < 1.29 is 8.42 Å². The van der Waals surface area contributed by atoms with Crippen molar-refractivity contribution in [2.75, 3.05) is 23.7 Å². The van der Waals surface area contributed by atoms with Crippen LogP contribution in [0.4, 0.5) is 11.4 Å². The van der Waals surface area contributed by atoms with Gasteiger partial charge in [0, 0.05) is 46.3 Å². The van der Waals surface area contributed by atoms with E-state index in [1.165, 1.54) is 12.1 Å². The van der Waals surface area contributed by atoms with Crippen LogP contribution >= 0.6 is 22.9 Å². The second kappa shape index (κ2) is 8.15. The van der Waals surface area contributed by atoms with E-state index in [2.05, 4.69) is 34.0 Å². The Morgan fingerprint density at radius 3 is 2.39 bits per heavy atom. The third kappa shape index (κ3) is 4.26. The van der Waals surface area contributed by atoms with Crippen LogP contribution in [0, 0.1) is 13.8 Å². The molecule has 2 aromatic carbocycles. The number of rotatable bonds is 5. The number of pyridine rings is 1. The first kappa shape index (κ1) is 21.6. The van der Waals surface area contributed by atoms with Crippen LogP contribution in [0.3, 0.4) is 0 Å². The van der Waals surface area contributed by atoms with Crippen LogP contribution in [0.5, 0.6) is 0 Å². The predicted octanol–water partition coefficient (Wildman–Crippen LogP) is 6.10. The Kier molecular flexibility index (Phi) is 5.68. The van der Waals surface area contributed by atoms with Gasteiger partial charge in [-0.25, -0.2) is 13.4 Å². The fourth-order valence-electron chi connectivity index (χ4n) is 3.52. The highest BCUT2D eigenvalue weighted by molar-refractivity contribution is 7.92. The molecule has 0 bridgehead atoms. The van der Waals surface area contributed by atoms with Crippen LogP contribution in [-0.2, 0) is 10.0 Å². The zero-order valence-corrected chi connectivity index (χ0v) is 20.0. The van der Waals surface area contributed by atoms with Gasteiger partial charge in [-0.2, -0.15) is 0 Å². The fourth-order valence-corrected chi connectivity index (χ4v) is 6.00. The molecule has 0 aliphatic rings. The van der Waals surface area contributed by atoms with Crippen molar-refractivity contribution in [3.05, 3.63) is 70.2 Å². The number of thiophene rings is 1. The van der Waals surface area contributed by atoms with Gasteiger partial charge in [0.05, 0.1) is 10.6 Å². The van der Waals surface area contributed by atoms with Crippen LogP contribution in [0.25, 0.3) is 21.3 Å². The molecule has 0 amide bonds. The summed E-state index contributed by atoms with van der Waals surface area (Å²) in [6.07, 6.45) is 0. The molecule has 2 heterocycles. The lowest BCUT2D eigenvalue weighted by Crippen LogP contribution is -2.13. The Labute approximate surface area is 191 Å². The first-order valence-electron chi connectivity index (χ1n) is 9.62. The van der Waals surface area contributed by atoms with E-state index in [4.69, 9.17) is 11.6 Å². The standard InChI is InChI=1S/C23H22ClN3O2S2/c1-14-12-20(26-31(28,29)19-7-5-6-17(24)13-19)22-21(15(2)30-23(22)25-14)16-8-10-18(11-9-16)27(3)4/h5-13H,1-4H3,(H,25,26).